The van der Waals surface area contributed by atoms with Crippen LogP contribution in [-0.4, -0.2) is 18.8 Å². The molecular weight excluding hydrogens is 236 g/mol. The molecule has 1 N–H and O–H groups in total. The molecule has 1 fully saturated rings. The molecule has 0 saturated carbocycles. The van der Waals surface area contributed by atoms with Crippen LogP contribution in [-0.2, 0) is 4.74 Å². The summed E-state index contributed by atoms with van der Waals surface area (Å²) in [5, 5.41) is 14.8. The Hall–Kier alpha value is -2.05. The molecule has 2 aromatic carbocycles. The number of nitriles is 1. The van der Waals surface area contributed by atoms with Gasteiger partial charge in [-0.2, -0.15) is 5.26 Å². The van der Waals surface area contributed by atoms with Gasteiger partial charge in [-0.15, -0.1) is 0 Å². The Bertz CT molecular complexity index is 645. The lowest BCUT2D eigenvalue weighted by Gasteiger charge is -2.19. The molecule has 96 valence electrons. The number of nitrogens with one attached hydrogen (secondary N) is 1. The van der Waals surface area contributed by atoms with E-state index in [0.717, 1.165) is 35.1 Å². The largest absolute Gasteiger partial charge is 0.379 e. The summed E-state index contributed by atoms with van der Waals surface area (Å²) in [6.45, 7) is 2.91. The molecule has 0 spiro atoms. The predicted molar refractivity (Wildman–Crippen MR) is 76.1 cm³/mol. The Morgan fingerprint density at radius 3 is 2.68 bits per heavy atom. The molecule has 0 bridgehead atoms. The van der Waals surface area contributed by atoms with Crippen LogP contribution in [0.25, 0.3) is 10.8 Å². The van der Waals surface area contributed by atoms with E-state index in [-0.39, 0.29) is 6.10 Å². The van der Waals surface area contributed by atoms with Gasteiger partial charge in [0.25, 0.3) is 0 Å². The molecule has 2 unspecified atom stereocenters. The van der Waals surface area contributed by atoms with Crippen LogP contribution in [0.4, 0.5) is 5.69 Å². The number of rotatable bonds is 2. The number of hydrogen-bond acceptors (Lipinski definition) is 3. The fraction of sp³-hybridized carbons (Fsp3) is 0.312. The molecule has 0 radical (unpaired) electrons. The molecule has 0 amide bonds. The SMILES string of the molecule is CC1OCCC1Nc1ccc(C#N)c2ccccc12. The zero-order valence-corrected chi connectivity index (χ0v) is 10.9. The predicted octanol–water partition coefficient (Wildman–Crippen LogP) is 3.30. The fourth-order valence-electron chi connectivity index (χ4n) is 2.64. The van der Waals surface area contributed by atoms with Gasteiger partial charge < -0.3 is 10.1 Å². The molecule has 1 saturated heterocycles. The first-order valence-corrected chi connectivity index (χ1v) is 6.59. The molecule has 1 aliphatic heterocycles. The summed E-state index contributed by atoms with van der Waals surface area (Å²) in [5.41, 5.74) is 1.80. The minimum Gasteiger partial charge on any atom is -0.379 e. The van der Waals surface area contributed by atoms with Crippen LogP contribution in [0.5, 0.6) is 0 Å². The van der Waals surface area contributed by atoms with Gasteiger partial charge in [-0.1, -0.05) is 24.3 Å². The van der Waals surface area contributed by atoms with Gasteiger partial charge in [0.2, 0.25) is 0 Å². The quantitative estimate of drug-likeness (QED) is 0.892. The van der Waals surface area contributed by atoms with Crippen LogP contribution in [0.2, 0.25) is 0 Å². The van der Waals surface area contributed by atoms with Gasteiger partial charge in [-0.05, 0) is 25.5 Å². The van der Waals surface area contributed by atoms with Crippen LogP contribution in [0.15, 0.2) is 36.4 Å². The normalized spacial score (nSPS) is 22.3. The zero-order valence-electron chi connectivity index (χ0n) is 10.9. The van der Waals surface area contributed by atoms with E-state index >= 15 is 0 Å². The van der Waals surface area contributed by atoms with Gasteiger partial charge in [0, 0.05) is 23.1 Å². The number of fused-ring (bicyclic) bond motifs is 1. The Labute approximate surface area is 112 Å². The van der Waals surface area contributed by atoms with E-state index in [1.807, 2.05) is 30.3 Å². The van der Waals surface area contributed by atoms with Gasteiger partial charge >= 0.3 is 0 Å². The van der Waals surface area contributed by atoms with Crippen molar-refractivity contribution in [3.05, 3.63) is 42.0 Å². The van der Waals surface area contributed by atoms with Crippen molar-refractivity contribution in [1.82, 2.24) is 0 Å². The maximum Gasteiger partial charge on any atom is 0.0998 e. The Morgan fingerprint density at radius 1 is 1.21 bits per heavy atom. The molecule has 3 nitrogen and oxygen atoms in total. The van der Waals surface area contributed by atoms with Crippen molar-refractivity contribution in [3.8, 4) is 6.07 Å². The summed E-state index contributed by atoms with van der Waals surface area (Å²) in [7, 11) is 0. The van der Waals surface area contributed by atoms with Crippen molar-refractivity contribution in [1.29, 1.82) is 5.26 Å². The van der Waals surface area contributed by atoms with Gasteiger partial charge in [0.1, 0.15) is 0 Å². The lowest BCUT2D eigenvalue weighted by molar-refractivity contribution is 0.121. The van der Waals surface area contributed by atoms with E-state index in [1.54, 1.807) is 0 Å². The second kappa shape index (κ2) is 4.91. The van der Waals surface area contributed by atoms with Crippen molar-refractivity contribution in [2.24, 2.45) is 0 Å². The van der Waals surface area contributed by atoms with Crippen molar-refractivity contribution in [3.63, 3.8) is 0 Å². The Balaban J connectivity index is 2.03. The highest BCUT2D eigenvalue weighted by molar-refractivity contribution is 5.97. The van der Waals surface area contributed by atoms with Crippen molar-refractivity contribution in [2.75, 3.05) is 11.9 Å². The topological polar surface area (TPSA) is 45.0 Å². The number of hydrogen-bond donors (Lipinski definition) is 1. The minimum atomic E-state index is 0.231. The first-order chi connectivity index (χ1) is 9.29. The first kappa shape index (κ1) is 12.0. The summed E-state index contributed by atoms with van der Waals surface area (Å²) in [6, 6.07) is 14.5. The molecule has 19 heavy (non-hydrogen) atoms. The van der Waals surface area contributed by atoms with Crippen LogP contribution < -0.4 is 5.32 Å². The van der Waals surface area contributed by atoms with Crippen LogP contribution in [0.1, 0.15) is 18.9 Å². The highest BCUT2D eigenvalue weighted by Gasteiger charge is 2.24. The summed E-state index contributed by atoms with van der Waals surface area (Å²) in [4.78, 5) is 0. The van der Waals surface area contributed by atoms with E-state index in [2.05, 4.69) is 24.4 Å². The van der Waals surface area contributed by atoms with E-state index in [0.29, 0.717) is 6.04 Å². The molecule has 3 heteroatoms. The maximum absolute atomic E-state index is 9.16. The second-order valence-corrected chi connectivity index (χ2v) is 4.93. The molecule has 0 aliphatic carbocycles. The number of nitrogens with zero attached hydrogens (tertiary/aromatic N) is 1. The number of ether oxygens (including phenoxy) is 1. The molecule has 0 aromatic heterocycles. The zero-order chi connectivity index (χ0) is 13.2. The second-order valence-electron chi connectivity index (χ2n) is 4.93. The molecule has 1 heterocycles. The highest BCUT2D eigenvalue weighted by atomic mass is 16.5. The molecule has 2 aromatic rings. The van der Waals surface area contributed by atoms with Gasteiger partial charge in [-0.3, -0.25) is 0 Å². The third-order valence-corrected chi connectivity index (χ3v) is 3.76. The third kappa shape index (κ3) is 2.16. The van der Waals surface area contributed by atoms with Crippen molar-refractivity contribution < 1.29 is 4.74 Å². The first-order valence-electron chi connectivity index (χ1n) is 6.59. The van der Waals surface area contributed by atoms with Crippen molar-refractivity contribution >= 4 is 16.5 Å². The maximum atomic E-state index is 9.16. The highest BCUT2D eigenvalue weighted by Crippen LogP contribution is 2.28. The molecule has 3 rings (SSSR count). The molecule has 1 aliphatic rings. The molecular formula is C16H16N2O. The monoisotopic (exact) mass is 252 g/mol. The lowest BCUT2D eigenvalue weighted by Crippen LogP contribution is -2.26. The summed E-state index contributed by atoms with van der Waals surface area (Å²) < 4.78 is 5.58. The van der Waals surface area contributed by atoms with Gasteiger partial charge in [-0.25, -0.2) is 0 Å². The van der Waals surface area contributed by atoms with E-state index in [9.17, 15) is 0 Å². The van der Waals surface area contributed by atoms with E-state index in [4.69, 9.17) is 10.00 Å². The number of anilines is 1. The summed E-state index contributed by atoms with van der Waals surface area (Å²) >= 11 is 0. The van der Waals surface area contributed by atoms with Gasteiger partial charge in [0.05, 0.1) is 23.8 Å². The Morgan fingerprint density at radius 2 is 2.00 bits per heavy atom. The average Bonchev–Trinajstić information content (AvgIpc) is 2.85. The smallest absolute Gasteiger partial charge is 0.0998 e. The van der Waals surface area contributed by atoms with Crippen molar-refractivity contribution in [2.45, 2.75) is 25.5 Å². The fourth-order valence-corrected chi connectivity index (χ4v) is 2.64. The van der Waals surface area contributed by atoms with E-state index in [1.165, 1.54) is 0 Å². The lowest BCUT2D eigenvalue weighted by atomic mass is 10.0. The van der Waals surface area contributed by atoms with E-state index < -0.39 is 0 Å². The third-order valence-electron chi connectivity index (χ3n) is 3.76. The van der Waals surface area contributed by atoms with Crippen LogP contribution in [0.3, 0.4) is 0 Å². The summed E-state index contributed by atoms with van der Waals surface area (Å²) in [5.74, 6) is 0. The van der Waals surface area contributed by atoms with Gasteiger partial charge in [0.15, 0.2) is 0 Å². The summed E-state index contributed by atoms with van der Waals surface area (Å²) in [6.07, 6.45) is 1.25. The molecule has 2 atom stereocenters. The standard InChI is InChI=1S/C16H16N2O/c1-11-15(8-9-19-11)18-16-7-6-12(10-17)13-4-2-3-5-14(13)16/h2-7,11,15,18H,8-9H2,1H3. The van der Waals surface area contributed by atoms with Crippen LogP contribution >= 0.6 is 0 Å². The van der Waals surface area contributed by atoms with Crippen LogP contribution in [0, 0.1) is 11.3 Å². The average molecular weight is 252 g/mol. The Kier molecular flexibility index (Phi) is 3.10. The number of benzene rings is 2. The minimum absolute atomic E-state index is 0.231.